The highest BCUT2D eigenvalue weighted by atomic mass is 28.4. The molecule has 0 saturated heterocycles. The summed E-state index contributed by atoms with van der Waals surface area (Å²) in [7, 11) is -2.66. The standard InChI is InChI=1S/C30H41NO4Si/c1-23(26(27-19-14-20-33-27)21-31-28(32)35-29(2,3)4)22-34-36(30(5,6)7,24-15-10-8-11-16-24)25-17-12-9-13-18-25/h8-20,23,26H,21-22H2,1-7H3,(H,31,32)/t23-,26+/m0/s1. The van der Waals surface area contributed by atoms with Crippen molar-refractivity contribution in [3.05, 3.63) is 84.8 Å². The number of benzene rings is 2. The van der Waals surface area contributed by atoms with Crippen molar-refractivity contribution < 1.29 is 18.4 Å². The monoisotopic (exact) mass is 507 g/mol. The van der Waals surface area contributed by atoms with Crippen molar-refractivity contribution in [3.8, 4) is 0 Å². The van der Waals surface area contributed by atoms with E-state index in [9.17, 15) is 4.79 Å². The zero-order valence-electron chi connectivity index (χ0n) is 22.7. The van der Waals surface area contributed by atoms with Crippen molar-refractivity contribution in [1.29, 1.82) is 0 Å². The van der Waals surface area contributed by atoms with Crippen LogP contribution in [0.15, 0.2) is 83.5 Å². The van der Waals surface area contributed by atoms with Gasteiger partial charge in [0.1, 0.15) is 11.4 Å². The van der Waals surface area contributed by atoms with Crippen molar-refractivity contribution in [3.63, 3.8) is 0 Å². The quantitative estimate of drug-likeness (QED) is 0.356. The number of carbonyl (C=O) groups is 1. The van der Waals surface area contributed by atoms with Crippen LogP contribution in [0.25, 0.3) is 0 Å². The van der Waals surface area contributed by atoms with Crippen LogP contribution in [0.1, 0.15) is 60.1 Å². The molecule has 0 aliphatic rings. The summed E-state index contributed by atoms with van der Waals surface area (Å²) in [5.41, 5.74) is -0.553. The van der Waals surface area contributed by atoms with E-state index in [4.69, 9.17) is 13.6 Å². The number of hydrogen-bond donors (Lipinski definition) is 1. The number of amides is 1. The molecule has 0 radical (unpaired) electrons. The molecular formula is C30H41NO4Si. The molecule has 0 fully saturated rings. The molecule has 0 saturated carbocycles. The number of hydrogen-bond acceptors (Lipinski definition) is 4. The summed E-state index contributed by atoms with van der Waals surface area (Å²) in [6, 6.07) is 25.1. The Morgan fingerprint density at radius 1 is 0.889 bits per heavy atom. The van der Waals surface area contributed by atoms with Crippen molar-refractivity contribution >= 4 is 24.8 Å². The summed E-state index contributed by atoms with van der Waals surface area (Å²) in [6.45, 7) is 15.5. The summed E-state index contributed by atoms with van der Waals surface area (Å²) < 4.78 is 18.4. The number of alkyl carbamates (subject to hydrolysis) is 1. The van der Waals surface area contributed by atoms with Crippen LogP contribution in [0, 0.1) is 5.92 Å². The molecule has 0 aliphatic heterocycles. The van der Waals surface area contributed by atoms with Gasteiger partial charge in [-0.25, -0.2) is 4.79 Å². The SMILES string of the molecule is C[C@@H](CO[Si](c1ccccc1)(c1ccccc1)C(C)(C)C)[C@@H](CNC(=O)OC(C)(C)C)c1ccco1. The maximum absolute atomic E-state index is 12.4. The van der Waals surface area contributed by atoms with E-state index >= 15 is 0 Å². The lowest BCUT2D eigenvalue weighted by molar-refractivity contribution is 0.0517. The van der Waals surface area contributed by atoms with Gasteiger partial charge in [0.25, 0.3) is 8.32 Å². The predicted octanol–water partition coefficient (Wildman–Crippen LogP) is 6.10. The molecule has 194 valence electrons. The summed E-state index contributed by atoms with van der Waals surface area (Å²) in [5.74, 6) is 0.836. The Morgan fingerprint density at radius 2 is 1.44 bits per heavy atom. The molecule has 0 bridgehead atoms. The Kier molecular flexibility index (Phi) is 8.85. The summed E-state index contributed by atoms with van der Waals surface area (Å²) in [4.78, 5) is 12.4. The van der Waals surface area contributed by atoms with Gasteiger partial charge in [0.05, 0.1) is 6.26 Å². The molecule has 2 atom stereocenters. The van der Waals surface area contributed by atoms with E-state index in [0.717, 1.165) is 5.76 Å². The second-order valence-corrected chi connectivity index (χ2v) is 15.8. The molecule has 1 heterocycles. The van der Waals surface area contributed by atoms with E-state index in [0.29, 0.717) is 13.2 Å². The minimum atomic E-state index is -2.66. The lowest BCUT2D eigenvalue weighted by atomic mass is 9.92. The second-order valence-electron chi connectivity index (χ2n) is 11.5. The number of nitrogens with one attached hydrogen (secondary N) is 1. The lowest BCUT2D eigenvalue weighted by Gasteiger charge is -2.44. The van der Waals surface area contributed by atoms with Gasteiger partial charge in [0.2, 0.25) is 0 Å². The number of furan rings is 1. The average Bonchev–Trinajstić information content (AvgIpc) is 3.33. The molecule has 3 aromatic rings. The van der Waals surface area contributed by atoms with Gasteiger partial charge < -0.3 is 18.9 Å². The van der Waals surface area contributed by atoms with Crippen LogP contribution in [0.2, 0.25) is 5.04 Å². The fourth-order valence-corrected chi connectivity index (χ4v) is 9.39. The summed E-state index contributed by atoms with van der Waals surface area (Å²) >= 11 is 0. The summed E-state index contributed by atoms with van der Waals surface area (Å²) in [5, 5.41) is 5.32. The highest BCUT2D eigenvalue weighted by molar-refractivity contribution is 6.99. The van der Waals surface area contributed by atoms with Crippen LogP contribution in [-0.4, -0.2) is 33.2 Å². The minimum Gasteiger partial charge on any atom is -0.469 e. The third-order valence-electron chi connectivity index (χ3n) is 6.44. The van der Waals surface area contributed by atoms with Gasteiger partial charge in [0.15, 0.2) is 0 Å². The van der Waals surface area contributed by atoms with Gasteiger partial charge in [-0.2, -0.15) is 0 Å². The van der Waals surface area contributed by atoms with Gasteiger partial charge in [-0.05, 0) is 54.2 Å². The highest BCUT2D eigenvalue weighted by Crippen LogP contribution is 2.38. The first-order valence-corrected chi connectivity index (χ1v) is 14.6. The average molecular weight is 508 g/mol. The predicted molar refractivity (Wildman–Crippen MR) is 148 cm³/mol. The Bertz CT molecular complexity index is 1030. The van der Waals surface area contributed by atoms with Crippen molar-refractivity contribution in [2.75, 3.05) is 13.2 Å². The molecule has 1 amide bonds. The van der Waals surface area contributed by atoms with Gasteiger partial charge in [0, 0.05) is 19.1 Å². The smallest absolute Gasteiger partial charge is 0.407 e. The lowest BCUT2D eigenvalue weighted by Crippen LogP contribution is -2.67. The zero-order valence-corrected chi connectivity index (χ0v) is 23.7. The molecule has 0 unspecified atom stereocenters. The molecule has 1 aromatic heterocycles. The molecule has 0 aliphatic carbocycles. The third-order valence-corrected chi connectivity index (χ3v) is 11.4. The van der Waals surface area contributed by atoms with Crippen LogP contribution in [0.5, 0.6) is 0 Å². The topological polar surface area (TPSA) is 60.7 Å². The number of rotatable bonds is 9. The number of ether oxygens (including phenoxy) is 1. The van der Waals surface area contributed by atoms with E-state index in [1.807, 2.05) is 45.0 Å². The molecule has 1 N–H and O–H groups in total. The maximum Gasteiger partial charge on any atom is 0.407 e. The zero-order chi connectivity index (χ0) is 26.4. The van der Waals surface area contributed by atoms with Crippen molar-refractivity contribution in [2.24, 2.45) is 5.92 Å². The van der Waals surface area contributed by atoms with E-state index in [2.05, 4.69) is 81.5 Å². The molecule has 0 spiro atoms. The molecule has 36 heavy (non-hydrogen) atoms. The van der Waals surface area contributed by atoms with Crippen LogP contribution >= 0.6 is 0 Å². The Hall–Kier alpha value is -2.83. The van der Waals surface area contributed by atoms with Gasteiger partial charge >= 0.3 is 6.09 Å². The van der Waals surface area contributed by atoms with E-state index in [-0.39, 0.29) is 16.9 Å². The Labute approximate surface area is 217 Å². The van der Waals surface area contributed by atoms with Crippen LogP contribution in [-0.2, 0) is 9.16 Å². The summed E-state index contributed by atoms with van der Waals surface area (Å²) in [6.07, 6.45) is 1.24. The molecule has 3 rings (SSSR count). The van der Waals surface area contributed by atoms with Crippen LogP contribution < -0.4 is 15.7 Å². The third kappa shape index (κ3) is 6.68. The van der Waals surface area contributed by atoms with Crippen molar-refractivity contribution in [1.82, 2.24) is 5.32 Å². The number of carbonyl (C=O) groups excluding carboxylic acids is 1. The maximum atomic E-state index is 12.4. The first-order valence-electron chi connectivity index (χ1n) is 12.7. The minimum absolute atomic E-state index is 0.0641. The van der Waals surface area contributed by atoms with Crippen LogP contribution in [0.3, 0.4) is 0 Å². The fraction of sp³-hybridized carbons (Fsp3) is 0.433. The molecular weight excluding hydrogens is 466 g/mol. The molecule has 5 nitrogen and oxygen atoms in total. The van der Waals surface area contributed by atoms with E-state index in [1.165, 1.54) is 10.4 Å². The first kappa shape index (κ1) is 27.7. The highest BCUT2D eigenvalue weighted by Gasteiger charge is 2.50. The van der Waals surface area contributed by atoms with Gasteiger partial charge in [-0.1, -0.05) is 88.4 Å². The largest absolute Gasteiger partial charge is 0.469 e. The second kappa shape index (κ2) is 11.5. The Balaban J connectivity index is 1.90. The normalized spacial score (nSPS) is 14.2. The van der Waals surface area contributed by atoms with Gasteiger partial charge in [-0.15, -0.1) is 0 Å². The Morgan fingerprint density at radius 3 is 1.89 bits per heavy atom. The van der Waals surface area contributed by atoms with Crippen LogP contribution in [0.4, 0.5) is 4.79 Å². The van der Waals surface area contributed by atoms with E-state index < -0.39 is 20.0 Å². The molecule has 6 heteroatoms. The fourth-order valence-electron chi connectivity index (χ4n) is 4.73. The van der Waals surface area contributed by atoms with Gasteiger partial charge in [-0.3, -0.25) is 0 Å². The van der Waals surface area contributed by atoms with Crippen molar-refractivity contribution in [2.45, 2.75) is 65.0 Å². The molecule has 2 aromatic carbocycles. The first-order chi connectivity index (χ1) is 16.9. The van der Waals surface area contributed by atoms with E-state index in [1.54, 1.807) is 6.26 Å².